The number of anilines is 1. The number of nitrogens with zero attached hydrogens (tertiary/aromatic N) is 2. The molecule has 26 heavy (non-hydrogen) atoms. The van der Waals surface area contributed by atoms with Gasteiger partial charge in [-0.2, -0.15) is 0 Å². The molecule has 0 saturated carbocycles. The molecule has 1 unspecified atom stereocenters. The van der Waals surface area contributed by atoms with E-state index in [1.807, 2.05) is 18.2 Å². The lowest BCUT2D eigenvalue weighted by atomic mass is 10.2. The fourth-order valence-electron chi connectivity index (χ4n) is 3.02. The standard InChI is InChI=1S/C19H31ClN4O.HI/c1-3-21-19(22-11-5-4-6-13-25-2)23-17-10-12-24(15-17)18-9-7-8-16(20)14-18;/h7-9,14,17H,3-6,10-13,15H2,1-2H3,(H2,21,22,23);1H. The largest absolute Gasteiger partial charge is 0.385 e. The summed E-state index contributed by atoms with van der Waals surface area (Å²) < 4.78 is 5.08. The fraction of sp³-hybridized carbons (Fsp3) is 0.632. The highest BCUT2D eigenvalue weighted by atomic mass is 127. The quantitative estimate of drug-likeness (QED) is 0.237. The molecule has 0 amide bonds. The SMILES string of the molecule is CCNC(=NCCCCCOC)NC1CCN(c2cccc(Cl)c2)C1.I. The highest BCUT2D eigenvalue weighted by molar-refractivity contribution is 14.0. The van der Waals surface area contributed by atoms with Gasteiger partial charge in [0.15, 0.2) is 5.96 Å². The highest BCUT2D eigenvalue weighted by Gasteiger charge is 2.23. The summed E-state index contributed by atoms with van der Waals surface area (Å²) in [6.45, 7) is 6.67. The van der Waals surface area contributed by atoms with Crippen LogP contribution in [-0.2, 0) is 4.74 Å². The summed E-state index contributed by atoms with van der Waals surface area (Å²) in [5.74, 6) is 0.923. The third-order valence-corrected chi connectivity index (χ3v) is 4.56. The van der Waals surface area contributed by atoms with Crippen LogP contribution in [0.2, 0.25) is 5.02 Å². The number of aliphatic imine (C=N–C) groups is 1. The summed E-state index contributed by atoms with van der Waals surface area (Å²) in [5.41, 5.74) is 1.19. The molecule has 5 nitrogen and oxygen atoms in total. The lowest BCUT2D eigenvalue weighted by Gasteiger charge is -2.20. The normalized spacial score (nSPS) is 17.1. The molecule has 0 spiro atoms. The van der Waals surface area contributed by atoms with Crippen molar-refractivity contribution in [2.45, 2.75) is 38.6 Å². The van der Waals surface area contributed by atoms with Crippen LogP contribution in [0.3, 0.4) is 0 Å². The number of benzene rings is 1. The number of hydrogen-bond acceptors (Lipinski definition) is 3. The molecule has 1 aromatic rings. The molecule has 1 atom stereocenters. The van der Waals surface area contributed by atoms with Crippen molar-refractivity contribution in [1.82, 2.24) is 10.6 Å². The zero-order chi connectivity index (χ0) is 17.9. The van der Waals surface area contributed by atoms with Crippen molar-refractivity contribution in [3.8, 4) is 0 Å². The van der Waals surface area contributed by atoms with Crippen LogP contribution < -0.4 is 15.5 Å². The van der Waals surface area contributed by atoms with E-state index in [-0.39, 0.29) is 24.0 Å². The number of ether oxygens (including phenoxy) is 1. The molecule has 0 aliphatic carbocycles. The lowest BCUT2D eigenvalue weighted by Crippen LogP contribution is -2.44. The van der Waals surface area contributed by atoms with E-state index in [0.29, 0.717) is 6.04 Å². The summed E-state index contributed by atoms with van der Waals surface area (Å²) in [6.07, 6.45) is 4.46. The molecule has 1 heterocycles. The number of halogens is 2. The number of unbranched alkanes of at least 4 members (excludes halogenated alkanes) is 2. The summed E-state index contributed by atoms with van der Waals surface area (Å²) in [6, 6.07) is 8.48. The minimum absolute atomic E-state index is 0. The number of guanidine groups is 1. The Bertz CT molecular complexity index is 544. The summed E-state index contributed by atoms with van der Waals surface area (Å²) in [4.78, 5) is 7.07. The van der Waals surface area contributed by atoms with E-state index < -0.39 is 0 Å². The average Bonchev–Trinajstić information content (AvgIpc) is 3.06. The topological polar surface area (TPSA) is 48.9 Å². The maximum absolute atomic E-state index is 6.11. The monoisotopic (exact) mass is 494 g/mol. The Labute approximate surface area is 179 Å². The van der Waals surface area contributed by atoms with E-state index in [2.05, 4.69) is 28.5 Å². The zero-order valence-corrected chi connectivity index (χ0v) is 18.9. The van der Waals surface area contributed by atoms with Crippen molar-refractivity contribution in [3.63, 3.8) is 0 Å². The number of methoxy groups -OCH3 is 1. The average molecular weight is 495 g/mol. The molecule has 1 aromatic carbocycles. The van der Waals surface area contributed by atoms with Gasteiger partial charge in [0.2, 0.25) is 0 Å². The van der Waals surface area contributed by atoms with E-state index in [4.69, 9.17) is 21.3 Å². The zero-order valence-electron chi connectivity index (χ0n) is 15.8. The Balaban J connectivity index is 0.00000338. The number of hydrogen-bond donors (Lipinski definition) is 2. The van der Waals surface area contributed by atoms with Gasteiger partial charge in [0.05, 0.1) is 0 Å². The Hall–Kier alpha value is -0.730. The molecule has 7 heteroatoms. The minimum Gasteiger partial charge on any atom is -0.385 e. The van der Waals surface area contributed by atoms with Crippen LogP contribution in [0.5, 0.6) is 0 Å². The van der Waals surface area contributed by atoms with E-state index >= 15 is 0 Å². The second-order valence-corrected chi connectivity index (χ2v) is 6.81. The molecular formula is C19H32ClIN4O. The van der Waals surface area contributed by atoms with Gasteiger partial charge in [-0.15, -0.1) is 24.0 Å². The van der Waals surface area contributed by atoms with Crippen molar-refractivity contribution in [3.05, 3.63) is 29.3 Å². The van der Waals surface area contributed by atoms with E-state index in [1.54, 1.807) is 7.11 Å². The summed E-state index contributed by atoms with van der Waals surface area (Å²) in [7, 11) is 1.75. The van der Waals surface area contributed by atoms with Crippen LogP contribution in [0.15, 0.2) is 29.3 Å². The van der Waals surface area contributed by atoms with Gasteiger partial charge in [0.1, 0.15) is 0 Å². The van der Waals surface area contributed by atoms with Crippen molar-refractivity contribution in [1.29, 1.82) is 0 Å². The Morgan fingerprint density at radius 2 is 2.19 bits per heavy atom. The lowest BCUT2D eigenvalue weighted by molar-refractivity contribution is 0.192. The maximum Gasteiger partial charge on any atom is 0.191 e. The fourth-order valence-corrected chi connectivity index (χ4v) is 3.21. The predicted molar refractivity (Wildman–Crippen MR) is 122 cm³/mol. The van der Waals surface area contributed by atoms with Crippen LogP contribution in [0.4, 0.5) is 5.69 Å². The van der Waals surface area contributed by atoms with Gasteiger partial charge >= 0.3 is 0 Å². The second kappa shape index (κ2) is 13.4. The van der Waals surface area contributed by atoms with Gasteiger partial charge in [-0.1, -0.05) is 17.7 Å². The molecule has 0 aromatic heterocycles. The number of rotatable bonds is 9. The van der Waals surface area contributed by atoms with E-state index in [1.165, 1.54) is 5.69 Å². The Morgan fingerprint density at radius 1 is 1.35 bits per heavy atom. The summed E-state index contributed by atoms with van der Waals surface area (Å²) in [5, 5.41) is 7.71. The van der Waals surface area contributed by atoms with Crippen molar-refractivity contribution in [2.24, 2.45) is 4.99 Å². The Morgan fingerprint density at radius 3 is 2.92 bits per heavy atom. The molecular weight excluding hydrogens is 463 g/mol. The molecule has 1 saturated heterocycles. The van der Waals surface area contributed by atoms with Gasteiger partial charge in [0.25, 0.3) is 0 Å². The minimum atomic E-state index is 0. The number of nitrogens with one attached hydrogen (secondary N) is 2. The molecule has 2 N–H and O–H groups in total. The summed E-state index contributed by atoms with van der Waals surface area (Å²) >= 11 is 6.11. The molecule has 1 aliphatic heterocycles. The van der Waals surface area contributed by atoms with E-state index in [9.17, 15) is 0 Å². The van der Waals surface area contributed by atoms with Crippen LogP contribution in [0.25, 0.3) is 0 Å². The van der Waals surface area contributed by atoms with Gasteiger partial charge in [-0.3, -0.25) is 4.99 Å². The van der Waals surface area contributed by atoms with Gasteiger partial charge in [-0.05, 0) is 50.8 Å². The first kappa shape index (κ1) is 23.3. The maximum atomic E-state index is 6.11. The van der Waals surface area contributed by atoms with Crippen LogP contribution in [-0.4, -0.2) is 51.9 Å². The first-order valence-electron chi connectivity index (χ1n) is 9.27. The first-order chi connectivity index (χ1) is 12.2. The van der Waals surface area contributed by atoms with Crippen molar-refractivity contribution < 1.29 is 4.74 Å². The van der Waals surface area contributed by atoms with Gasteiger partial charge in [-0.25, -0.2) is 0 Å². The molecule has 148 valence electrons. The molecule has 1 aliphatic rings. The second-order valence-electron chi connectivity index (χ2n) is 6.37. The molecule has 0 bridgehead atoms. The first-order valence-corrected chi connectivity index (χ1v) is 9.65. The molecule has 0 radical (unpaired) electrons. The van der Waals surface area contributed by atoms with Crippen molar-refractivity contribution in [2.75, 3.05) is 44.8 Å². The molecule has 1 fully saturated rings. The van der Waals surface area contributed by atoms with Gasteiger partial charge < -0.3 is 20.3 Å². The third kappa shape index (κ3) is 8.31. The van der Waals surface area contributed by atoms with Gasteiger partial charge in [0, 0.05) is 56.6 Å². The van der Waals surface area contributed by atoms with Crippen LogP contribution >= 0.6 is 35.6 Å². The third-order valence-electron chi connectivity index (χ3n) is 4.32. The van der Waals surface area contributed by atoms with E-state index in [0.717, 1.165) is 69.5 Å². The van der Waals surface area contributed by atoms with Crippen LogP contribution in [0.1, 0.15) is 32.6 Å². The highest BCUT2D eigenvalue weighted by Crippen LogP contribution is 2.23. The predicted octanol–water partition coefficient (Wildman–Crippen LogP) is 3.91. The smallest absolute Gasteiger partial charge is 0.191 e. The van der Waals surface area contributed by atoms with Crippen LogP contribution in [0, 0.1) is 0 Å². The Kier molecular flexibility index (Phi) is 12.0. The molecule has 2 rings (SSSR count). The van der Waals surface area contributed by atoms with Crippen molar-refractivity contribution >= 4 is 47.2 Å².